The minimum atomic E-state index is -4.09. The van der Waals surface area contributed by atoms with Gasteiger partial charge in [-0.1, -0.05) is 49.6 Å². The molecule has 0 aromatic rings. The minimum Gasteiger partial charge on any atom is -0.445 e. The molecule has 0 radical (unpaired) electrons. The van der Waals surface area contributed by atoms with Gasteiger partial charge in [-0.05, 0) is 31.6 Å². The summed E-state index contributed by atoms with van der Waals surface area (Å²) in [5, 5.41) is 2.18. The van der Waals surface area contributed by atoms with Crippen LogP contribution < -0.4 is 5.32 Å². The first kappa shape index (κ1) is 21.7. The molecule has 0 saturated carbocycles. The van der Waals surface area contributed by atoms with Crippen LogP contribution in [-0.2, 0) is 13.8 Å². The Morgan fingerprint density at radius 3 is 2.50 bits per heavy atom. The first-order chi connectivity index (χ1) is 11.2. The molecule has 0 heterocycles. The Kier molecular flexibility index (Phi) is 10.2. The number of hydrogen-bond donors (Lipinski definition) is 2. The van der Waals surface area contributed by atoms with Crippen LogP contribution in [0.4, 0.5) is 4.79 Å². The molecule has 0 fully saturated rings. The summed E-state index contributed by atoms with van der Waals surface area (Å²) in [7, 11) is -4.09. The fourth-order valence-electron chi connectivity index (χ4n) is 1.32. The molecule has 0 aliphatic carbocycles. The summed E-state index contributed by atoms with van der Waals surface area (Å²) < 4.78 is 21.8. The maximum absolute atomic E-state index is 11.9. The molecule has 1 unspecified atom stereocenters. The van der Waals surface area contributed by atoms with Gasteiger partial charge < -0.3 is 19.5 Å². The van der Waals surface area contributed by atoms with Crippen molar-refractivity contribution >= 4 is 13.7 Å². The lowest BCUT2D eigenvalue weighted by Gasteiger charge is -2.15. The summed E-state index contributed by atoms with van der Waals surface area (Å²) in [5.41, 5.74) is 1.31. The van der Waals surface area contributed by atoms with Crippen molar-refractivity contribution < 1.29 is 23.5 Å². The number of carbonyl (C=O) groups excluding carboxylic acids is 1. The SMILES string of the molecule is C=CC(=CC(=C)C)OP(=O)(O)CNC(=O)OC/C(C=C)=C/C=C\C. The van der Waals surface area contributed by atoms with Gasteiger partial charge in [0.1, 0.15) is 18.7 Å². The molecule has 1 amide bonds. The van der Waals surface area contributed by atoms with Crippen LogP contribution in [0.3, 0.4) is 0 Å². The van der Waals surface area contributed by atoms with E-state index in [1.165, 1.54) is 12.2 Å². The second-order valence-electron chi connectivity index (χ2n) is 4.71. The standard InChI is InChI=1S/C17H24NO5P/c1-6-9-10-15(7-2)12-22-17(19)18-13-24(20,21)23-16(8-3)11-14(4)5/h6-11H,2-4,12-13H2,1,5H3,(H,18,19)(H,20,21)/b9-6-,15-10+,16-11?. The zero-order chi connectivity index (χ0) is 18.6. The van der Waals surface area contributed by atoms with Crippen LogP contribution in [0.5, 0.6) is 0 Å². The van der Waals surface area contributed by atoms with Crippen molar-refractivity contribution in [1.29, 1.82) is 0 Å². The Morgan fingerprint density at radius 1 is 1.33 bits per heavy atom. The van der Waals surface area contributed by atoms with Gasteiger partial charge >= 0.3 is 13.7 Å². The molecule has 7 heteroatoms. The number of alkyl carbamates (subject to hydrolysis) is 1. The predicted octanol–water partition coefficient (Wildman–Crippen LogP) is 4.21. The number of nitrogens with one attached hydrogen (secondary N) is 1. The summed E-state index contributed by atoms with van der Waals surface area (Å²) in [6.45, 7) is 14.2. The highest BCUT2D eigenvalue weighted by Crippen LogP contribution is 2.43. The van der Waals surface area contributed by atoms with Crippen molar-refractivity contribution in [2.75, 3.05) is 12.9 Å². The zero-order valence-corrected chi connectivity index (χ0v) is 14.9. The van der Waals surface area contributed by atoms with Crippen LogP contribution in [0.2, 0.25) is 0 Å². The second-order valence-corrected chi connectivity index (χ2v) is 6.48. The van der Waals surface area contributed by atoms with Gasteiger partial charge in [0, 0.05) is 0 Å². The van der Waals surface area contributed by atoms with Gasteiger partial charge in [0.05, 0.1) is 0 Å². The van der Waals surface area contributed by atoms with Gasteiger partial charge in [0.2, 0.25) is 0 Å². The summed E-state index contributed by atoms with van der Waals surface area (Å²) in [4.78, 5) is 21.3. The first-order valence-electron chi connectivity index (χ1n) is 7.10. The molecule has 0 rings (SSSR count). The number of ether oxygens (including phenoxy) is 1. The van der Waals surface area contributed by atoms with Crippen LogP contribution in [-0.4, -0.2) is 23.9 Å². The molecular formula is C17H24NO5P. The van der Waals surface area contributed by atoms with E-state index in [4.69, 9.17) is 9.26 Å². The molecular weight excluding hydrogens is 329 g/mol. The zero-order valence-electron chi connectivity index (χ0n) is 14.0. The van der Waals surface area contributed by atoms with Crippen molar-refractivity contribution in [3.63, 3.8) is 0 Å². The fourth-order valence-corrected chi connectivity index (χ4v) is 2.17. The van der Waals surface area contributed by atoms with Crippen molar-refractivity contribution in [2.24, 2.45) is 0 Å². The number of hydrogen-bond acceptors (Lipinski definition) is 4. The van der Waals surface area contributed by atoms with Crippen LogP contribution in [0.25, 0.3) is 0 Å². The summed E-state index contributed by atoms with van der Waals surface area (Å²) in [5.74, 6) is 0.0896. The molecule has 0 aromatic carbocycles. The molecule has 0 aliphatic rings. The normalized spacial score (nSPS) is 14.6. The van der Waals surface area contributed by atoms with E-state index in [1.807, 2.05) is 13.0 Å². The van der Waals surface area contributed by atoms with Gasteiger partial charge in [-0.3, -0.25) is 0 Å². The Bertz CT molecular complexity index is 616. The lowest BCUT2D eigenvalue weighted by atomic mass is 10.2. The highest BCUT2D eigenvalue weighted by atomic mass is 31.2. The Labute approximate surface area is 143 Å². The lowest BCUT2D eigenvalue weighted by Crippen LogP contribution is -2.26. The third-order valence-corrected chi connectivity index (χ3v) is 3.45. The molecule has 0 saturated heterocycles. The molecule has 0 aliphatic heterocycles. The molecule has 0 bridgehead atoms. The van der Waals surface area contributed by atoms with E-state index in [0.717, 1.165) is 0 Å². The first-order valence-corrected chi connectivity index (χ1v) is 8.86. The third kappa shape index (κ3) is 10.4. The number of rotatable bonds is 10. The lowest BCUT2D eigenvalue weighted by molar-refractivity contribution is 0.157. The number of carbonyl (C=O) groups is 1. The van der Waals surface area contributed by atoms with Crippen molar-refractivity contribution in [1.82, 2.24) is 5.32 Å². The van der Waals surface area contributed by atoms with Crippen LogP contribution in [0.1, 0.15) is 13.8 Å². The van der Waals surface area contributed by atoms with Gasteiger partial charge in [-0.25, -0.2) is 9.36 Å². The monoisotopic (exact) mass is 353 g/mol. The molecule has 24 heavy (non-hydrogen) atoms. The van der Waals surface area contributed by atoms with E-state index in [2.05, 4.69) is 25.1 Å². The topological polar surface area (TPSA) is 84.9 Å². The van der Waals surface area contributed by atoms with E-state index in [1.54, 1.807) is 25.2 Å². The quantitative estimate of drug-likeness (QED) is 0.349. The van der Waals surface area contributed by atoms with Gasteiger partial charge in [0.25, 0.3) is 0 Å². The van der Waals surface area contributed by atoms with Crippen LogP contribution >= 0.6 is 7.60 Å². The number of amides is 1. The smallest absolute Gasteiger partial charge is 0.408 e. The summed E-state index contributed by atoms with van der Waals surface area (Å²) in [6, 6.07) is 0. The average Bonchev–Trinajstić information content (AvgIpc) is 2.52. The van der Waals surface area contributed by atoms with Crippen LogP contribution in [0.15, 0.2) is 73.1 Å². The van der Waals surface area contributed by atoms with Crippen LogP contribution in [0, 0.1) is 0 Å². The molecule has 6 nitrogen and oxygen atoms in total. The van der Waals surface area contributed by atoms with Crippen molar-refractivity contribution in [2.45, 2.75) is 13.8 Å². The molecule has 0 aromatic heterocycles. The van der Waals surface area contributed by atoms with E-state index >= 15 is 0 Å². The molecule has 2 N–H and O–H groups in total. The van der Waals surface area contributed by atoms with E-state index in [9.17, 15) is 14.3 Å². The highest BCUT2D eigenvalue weighted by Gasteiger charge is 2.22. The predicted molar refractivity (Wildman–Crippen MR) is 96.4 cm³/mol. The summed E-state index contributed by atoms with van der Waals surface area (Å²) >= 11 is 0. The molecule has 1 atom stereocenters. The number of allylic oxidation sites excluding steroid dienone is 6. The van der Waals surface area contributed by atoms with Gasteiger partial charge in [0.15, 0.2) is 0 Å². The third-order valence-electron chi connectivity index (χ3n) is 2.40. The highest BCUT2D eigenvalue weighted by molar-refractivity contribution is 7.52. The second kappa shape index (κ2) is 11.3. The van der Waals surface area contributed by atoms with E-state index in [0.29, 0.717) is 11.1 Å². The average molecular weight is 353 g/mol. The Balaban J connectivity index is 4.52. The maximum Gasteiger partial charge on any atom is 0.408 e. The Hall–Kier alpha value is -2.30. The Morgan fingerprint density at radius 2 is 2.00 bits per heavy atom. The fraction of sp³-hybridized carbons (Fsp3) is 0.235. The molecule has 0 spiro atoms. The van der Waals surface area contributed by atoms with Crippen molar-refractivity contribution in [3.05, 3.63) is 73.1 Å². The summed E-state index contributed by atoms with van der Waals surface area (Å²) in [6.07, 6.45) is 8.16. The largest absolute Gasteiger partial charge is 0.445 e. The van der Waals surface area contributed by atoms with E-state index < -0.39 is 20.0 Å². The molecule has 132 valence electrons. The van der Waals surface area contributed by atoms with Crippen molar-refractivity contribution in [3.8, 4) is 0 Å². The van der Waals surface area contributed by atoms with Gasteiger partial charge in [-0.15, -0.1) is 0 Å². The van der Waals surface area contributed by atoms with Gasteiger partial charge in [-0.2, -0.15) is 0 Å². The minimum absolute atomic E-state index is 0.0102. The van der Waals surface area contributed by atoms with E-state index in [-0.39, 0.29) is 12.4 Å². The maximum atomic E-state index is 11.9.